The van der Waals surface area contributed by atoms with Crippen LogP contribution < -0.4 is 0 Å². The van der Waals surface area contributed by atoms with E-state index in [2.05, 4.69) is 22.1 Å². The van der Waals surface area contributed by atoms with Crippen LogP contribution in [0, 0.1) is 0 Å². The van der Waals surface area contributed by atoms with Crippen molar-refractivity contribution in [1.29, 1.82) is 0 Å². The summed E-state index contributed by atoms with van der Waals surface area (Å²) in [6, 6.07) is 6.01. The second-order valence-corrected chi connectivity index (χ2v) is 12.7. The number of hydrogen-bond donors (Lipinski definition) is 1. The van der Waals surface area contributed by atoms with Gasteiger partial charge < -0.3 is 29.0 Å². The Balaban J connectivity index is 1.41. The van der Waals surface area contributed by atoms with Gasteiger partial charge >= 0.3 is 12.1 Å². The van der Waals surface area contributed by atoms with E-state index in [1.165, 1.54) is 0 Å². The molecule has 42 heavy (non-hydrogen) atoms. The van der Waals surface area contributed by atoms with Gasteiger partial charge in [-0.25, -0.2) is 14.6 Å². The largest absolute Gasteiger partial charge is 0.444 e. The van der Waals surface area contributed by atoms with Crippen LogP contribution >= 0.6 is 11.6 Å². The monoisotopic (exact) mass is 595 g/mol. The van der Waals surface area contributed by atoms with E-state index in [9.17, 15) is 9.59 Å². The first-order chi connectivity index (χ1) is 20.1. The van der Waals surface area contributed by atoms with Gasteiger partial charge in [-0.3, -0.25) is 4.90 Å². The molecule has 1 N–H and O–H groups in total. The van der Waals surface area contributed by atoms with Crippen LogP contribution in [0.5, 0.6) is 0 Å². The van der Waals surface area contributed by atoms with Gasteiger partial charge in [0, 0.05) is 49.5 Å². The predicted octanol–water partition coefficient (Wildman–Crippen LogP) is 5.39. The number of morpholine rings is 2. The highest BCUT2D eigenvalue weighted by atomic mass is 35.5. The zero-order valence-corrected chi connectivity index (χ0v) is 25.4. The third-order valence-electron chi connectivity index (χ3n) is 8.19. The van der Waals surface area contributed by atoms with Crippen molar-refractivity contribution < 1.29 is 23.8 Å². The summed E-state index contributed by atoms with van der Waals surface area (Å²) in [6.07, 6.45) is 3.90. The minimum absolute atomic E-state index is 0.0200. The fourth-order valence-electron chi connectivity index (χ4n) is 6.05. The molecule has 2 aromatic heterocycles. The number of urea groups is 1. The van der Waals surface area contributed by atoms with E-state index >= 15 is 0 Å². The van der Waals surface area contributed by atoms with Crippen LogP contribution in [-0.4, -0.2) is 94.5 Å². The van der Waals surface area contributed by atoms with E-state index < -0.39 is 5.60 Å². The maximum atomic E-state index is 13.7. The summed E-state index contributed by atoms with van der Waals surface area (Å²) in [4.78, 5) is 40.4. The van der Waals surface area contributed by atoms with E-state index in [0.29, 0.717) is 64.1 Å². The molecule has 0 aliphatic carbocycles. The zero-order valence-electron chi connectivity index (χ0n) is 24.6. The molecule has 5 heterocycles. The average Bonchev–Trinajstić information content (AvgIpc) is 3.35. The number of carbonyl (C=O) groups excluding carboxylic acids is 2. The molecule has 3 aliphatic rings. The SMILES string of the molecule is C[C@@H]1COCCN1C(=O)N1CCc2cc(-c3cnc4[nH]cc(Cl)c4c3)cc([C@@H]3COCCN3C(=O)OC(C)(C)C)c2C1. The fraction of sp³-hybridized carbons (Fsp3) is 0.516. The summed E-state index contributed by atoms with van der Waals surface area (Å²) in [6.45, 7) is 11.5. The highest BCUT2D eigenvalue weighted by Gasteiger charge is 2.37. The maximum Gasteiger partial charge on any atom is 0.410 e. The minimum Gasteiger partial charge on any atom is -0.444 e. The second kappa shape index (κ2) is 11.4. The number of H-pyrrole nitrogens is 1. The van der Waals surface area contributed by atoms with Crippen molar-refractivity contribution in [3.05, 3.63) is 52.3 Å². The highest BCUT2D eigenvalue weighted by Crippen LogP contribution is 2.38. The molecular weight excluding hydrogens is 558 g/mol. The van der Waals surface area contributed by atoms with Crippen LogP contribution in [0.1, 0.15) is 50.4 Å². The Morgan fingerprint density at radius 2 is 1.81 bits per heavy atom. The van der Waals surface area contributed by atoms with E-state index in [1.54, 1.807) is 11.1 Å². The lowest BCUT2D eigenvalue weighted by Crippen LogP contribution is -2.53. The van der Waals surface area contributed by atoms with Gasteiger partial charge in [-0.15, -0.1) is 0 Å². The first-order valence-corrected chi connectivity index (χ1v) is 15.0. The molecular formula is C31H38ClN5O5. The average molecular weight is 596 g/mol. The number of halogens is 1. The molecule has 11 heteroatoms. The molecule has 224 valence electrons. The quantitative estimate of drug-likeness (QED) is 0.426. The van der Waals surface area contributed by atoms with Crippen molar-refractivity contribution in [1.82, 2.24) is 24.7 Å². The van der Waals surface area contributed by atoms with Crippen LogP contribution in [0.4, 0.5) is 9.59 Å². The van der Waals surface area contributed by atoms with Gasteiger partial charge in [-0.2, -0.15) is 0 Å². The number of rotatable bonds is 2. The number of pyridine rings is 1. The minimum atomic E-state index is -0.629. The molecule has 2 saturated heterocycles. The third-order valence-corrected chi connectivity index (χ3v) is 8.50. The standard InChI is InChI=1S/C31H38ClN5O5/c1-19-17-40-9-7-36(19)29(38)35-6-5-20-11-21(22-13-24-26(32)15-34-28(24)33-14-22)12-23(25(20)16-35)27-18-41-10-8-37(27)30(39)42-31(2,3)4/h11-15,19,27H,5-10,16-18H2,1-4H3,(H,33,34)/t19-,27+/m1/s1. The van der Waals surface area contributed by atoms with Crippen LogP contribution in [0.15, 0.2) is 30.6 Å². The van der Waals surface area contributed by atoms with E-state index in [4.69, 9.17) is 25.8 Å². The zero-order chi connectivity index (χ0) is 29.6. The van der Waals surface area contributed by atoms with Crippen LogP contribution in [0.25, 0.3) is 22.2 Å². The van der Waals surface area contributed by atoms with Gasteiger partial charge in [-0.05, 0) is 68.5 Å². The topological polar surface area (TPSA) is 100 Å². The first-order valence-electron chi connectivity index (χ1n) is 14.6. The van der Waals surface area contributed by atoms with Crippen molar-refractivity contribution in [3.63, 3.8) is 0 Å². The molecule has 3 amide bonds. The summed E-state index contributed by atoms with van der Waals surface area (Å²) >= 11 is 6.43. The number of carbonyl (C=O) groups is 2. The number of fused-ring (bicyclic) bond motifs is 2. The Labute approximate surface area is 250 Å². The molecule has 1 aromatic carbocycles. The molecule has 0 spiro atoms. The molecule has 3 aromatic rings. The van der Waals surface area contributed by atoms with Gasteiger partial charge in [0.1, 0.15) is 11.2 Å². The van der Waals surface area contributed by atoms with Crippen molar-refractivity contribution >= 4 is 34.8 Å². The van der Waals surface area contributed by atoms with Gasteiger partial charge in [0.2, 0.25) is 0 Å². The number of hydrogen-bond acceptors (Lipinski definition) is 6. The Kier molecular flexibility index (Phi) is 7.80. The van der Waals surface area contributed by atoms with E-state index in [0.717, 1.165) is 38.9 Å². The first kappa shape index (κ1) is 28.8. The Morgan fingerprint density at radius 1 is 1.05 bits per heavy atom. The molecule has 2 atom stereocenters. The molecule has 6 rings (SSSR count). The van der Waals surface area contributed by atoms with Gasteiger partial charge in [0.05, 0.1) is 43.5 Å². The molecule has 3 aliphatic heterocycles. The summed E-state index contributed by atoms with van der Waals surface area (Å²) in [5.41, 5.74) is 5.16. The van der Waals surface area contributed by atoms with Crippen molar-refractivity contribution in [3.8, 4) is 11.1 Å². The maximum absolute atomic E-state index is 13.7. The molecule has 0 saturated carbocycles. The summed E-state index contributed by atoms with van der Waals surface area (Å²) in [7, 11) is 0. The Bertz CT molecular complexity index is 1500. The van der Waals surface area contributed by atoms with Crippen LogP contribution in [0.3, 0.4) is 0 Å². The Hall–Kier alpha value is -3.34. The lowest BCUT2D eigenvalue weighted by Gasteiger charge is -2.41. The number of ether oxygens (including phenoxy) is 3. The van der Waals surface area contributed by atoms with Crippen molar-refractivity contribution in [2.75, 3.05) is 46.1 Å². The lowest BCUT2D eigenvalue weighted by atomic mass is 9.87. The van der Waals surface area contributed by atoms with Crippen LogP contribution in [0.2, 0.25) is 5.02 Å². The van der Waals surface area contributed by atoms with Gasteiger partial charge in [0.15, 0.2) is 0 Å². The number of aromatic amines is 1. The molecule has 0 unspecified atom stereocenters. The normalized spacial score (nSPS) is 21.4. The molecule has 0 radical (unpaired) electrons. The van der Waals surface area contributed by atoms with E-state index in [1.807, 2.05) is 49.8 Å². The van der Waals surface area contributed by atoms with Crippen molar-refractivity contribution in [2.45, 2.75) is 58.3 Å². The number of benzene rings is 1. The lowest BCUT2D eigenvalue weighted by molar-refractivity contribution is -0.0334. The number of nitrogens with zero attached hydrogens (tertiary/aromatic N) is 4. The highest BCUT2D eigenvalue weighted by molar-refractivity contribution is 6.35. The summed E-state index contributed by atoms with van der Waals surface area (Å²) in [5, 5.41) is 1.46. The van der Waals surface area contributed by atoms with Crippen LogP contribution in [-0.2, 0) is 27.2 Å². The molecule has 2 fully saturated rings. The summed E-state index contributed by atoms with van der Waals surface area (Å²) in [5.74, 6) is 0. The molecule has 0 bridgehead atoms. The second-order valence-electron chi connectivity index (χ2n) is 12.3. The van der Waals surface area contributed by atoms with E-state index in [-0.39, 0.29) is 24.2 Å². The Morgan fingerprint density at radius 3 is 2.57 bits per heavy atom. The van der Waals surface area contributed by atoms with Gasteiger partial charge in [-0.1, -0.05) is 17.7 Å². The number of nitrogens with one attached hydrogen (secondary N) is 1. The smallest absolute Gasteiger partial charge is 0.410 e. The summed E-state index contributed by atoms with van der Waals surface area (Å²) < 4.78 is 17.3. The third kappa shape index (κ3) is 5.67. The predicted molar refractivity (Wildman–Crippen MR) is 160 cm³/mol. The van der Waals surface area contributed by atoms with Crippen molar-refractivity contribution in [2.24, 2.45) is 0 Å². The number of amides is 3. The van der Waals surface area contributed by atoms with Gasteiger partial charge in [0.25, 0.3) is 0 Å². The molecule has 10 nitrogen and oxygen atoms in total. The fourth-order valence-corrected chi connectivity index (χ4v) is 6.25. The number of aromatic nitrogens is 2.